The van der Waals surface area contributed by atoms with Gasteiger partial charge in [-0.1, -0.05) is 42.0 Å². The highest BCUT2D eigenvalue weighted by atomic mass is 32.2. The molecule has 156 valence electrons. The van der Waals surface area contributed by atoms with Crippen LogP contribution in [0.1, 0.15) is 44.7 Å². The number of thioether (sulfide) groups is 2. The molecule has 0 saturated carbocycles. The van der Waals surface area contributed by atoms with Crippen LogP contribution in [0, 0.1) is 5.92 Å². The van der Waals surface area contributed by atoms with Crippen LogP contribution in [-0.4, -0.2) is 44.9 Å². The minimum Gasteiger partial charge on any atom is -0.372 e. The van der Waals surface area contributed by atoms with Crippen molar-refractivity contribution in [3.8, 4) is 0 Å². The van der Waals surface area contributed by atoms with E-state index < -0.39 is 0 Å². The number of rotatable bonds is 4. The molecule has 30 heavy (non-hydrogen) atoms. The van der Waals surface area contributed by atoms with Crippen LogP contribution in [-0.2, 0) is 4.74 Å². The molecule has 1 aromatic heterocycles. The standard InChI is InChI=1S/C24H27N3OS2/c1-15(2)10-11-29-21-18-19-17(12-30-22(18)26-14-25-21)23(3,4)28-13-24(19)20(27-24)16-8-6-5-7-9-16/h5-10,14,17,19H,11-13H2,1-4H3/t17-,19-,24-/m1/s1. The number of hydrogen-bond donors (Lipinski definition) is 0. The summed E-state index contributed by atoms with van der Waals surface area (Å²) >= 11 is 3.66. The van der Waals surface area contributed by atoms with Gasteiger partial charge in [0.25, 0.3) is 0 Å². The van der Waals surface area contributed by atoms with Crippen molar-refractivity contribution in [1.29, 1.82) is 0 Å². The van der Waals surface area contributed by atoms with E-state index in [-0.39, 0.29) is 17.1 Å². The number of fused-ring (bicyclic) bond motifs is 4. The summed E-state index contributed by atoms with van der Waals surface area (Å²) in [6.45, 7) is 9.37. The van der Waals surface area contributed by atoms with Gasteiger partial charge in [-0.05, 0) is 33.3 Å². The molecule has 5 rings (SSSR count). The van der Waals surface area contributed by atoms with Crippen molar-refractivity contribution in [3.63, 3.8) is 0 Å². The van der Waals surface area contributed by atoms with E-state index >= 15 is 0 Å². The number of ether oxygens (including phenoxy) is 1. The van der Waals surface area contributed by atoms with E-state index in [1.54, 1.807) is 6.33 Å². The third-order valence-corrected chi connectivity index (χ3v) is 8.48. The first-order valence-electron chi connectivity index (χ1n) is 10.5. The van der Waals surface area contributed by atoms with E-state index in [1.165, 1.54) is 22.4 Å². The first-order valence-corrected chi connectivity index (χ1v) is 12.4. The van der Waals surface area contributed by atoms with E-state index in [2.05, 4.69) is 69.1 Å². The van der Waals surface area contributed by atoms with Crippen LogP contribution in [0.25, 0.3) is 0 Å². The lowest BCUT2D eigenvalue weighted by atomic mass is 9.67. The first-order chi connectivity index (χ1) is 14.4. The summed E-state index contributed by atoms with van der Waals surface area (Å²) in [5.74, 6) is 2.54. The highest BCUT2D eigenvalue weighted by Gasteiger charge is 2.64. The smallest absolute Gasteiger partial charge is 0.134 e. The molecule has 3 aliphatic rings. The minimum atomic E-state index is -0.284. The Labute approximate surface area is 187 Å². The average Bonchev–Trinajstić information content (AvgIpc) is 3.46. The van der Waals surface area contributed by atoms with Gasteiger partial charge in [0.1, 0.15) is 21.9 Å². The lowest BCUT2D eigenvalue weighted by Crippen LogP contribution is -2.55. The second-order valence-corrected chi connectivity index (χ2v) is 11.0. The fraction of sp³-hybridized carbons (Fsp3) is 0.458. The third-order valence-electron chi connectivity index (χ3n) is 6.43. The maximum absolute atomic E-state index is 6.45. The topological polar surface area (TPSA) is 47.4 Å². The number of allylic oxidation sites excluding steroid dienone is 1. The van der Waals surface area contributed by atoms with Crippen molar-refractivity contribution in [3.05, 3.63) is 59.4 Å². The summed E-state index contributed by atoms with van der Waals surface area (Å²) in [4.78, 5) is 14.5. The molecule has 3 aliphatic heterocycles. The molecule has 0 aliphatic carbocycles. The fourth-order valence-electron chi connectivity index (χ4n) is 4.68. The Morgan fingerprint density at radius 2 is 2.03 bits per heavy atom. The molecule has 0 amide bonds. The van der Waals surface area contributed by atoms with Gasteiger partial charge in [0, 0.05) is 28.9 Å². The summed E-state index contributed by atoms with van der Waals surface area (Å²) in [6, 6.07) is 10.5. The zero-order chi connectivity index (χ0) is 20.9. The van der Waals surface area contributed by atoms with Crippen molar-refractivity contribution in [2.45, 2.75) is 54.8 Å². The maximum Gasteiger partial charge on any atom is 0.134 e. The van der Waals surface area contributed by atoms with Crippen LogP contribution in [0.15, 0.2) is 63.4 Å². The molecule has 1 saturated heterocycles. The second kappa shape index (κ2) is 7.50. The Morgan fingerprint density at radius 3 is 2.80 bits per heavy atom. The van der Waals surface area contributed by atoms with Gasteiger partial charge in [-0.25, -0.2) is 9.97 Å². The van der Waals surface area contributed by atoms with E-state index in [0.29, 0.717) is 12.5 Å². The van der Waals surface area contributed by atoms with Crippen LogP contribution in [0.2, 0.25) is 0 Å². The van der Waals surface area contributed by atoms with Gasteiger partial charge in [0.05, 0.1) is 17.9 Å². The molecule has 1 fully saturated rings. The summed E-state index contributed by atoms with van der Waals surface area (Å²) in [7, 11) is 0. The Bertz CT molecular complexity index is 1030. The minimum absolute atomic E-state index is 0.196. The molecule has 4 nitrogen and oxygen atoms in total. The summed E-state index contributed by atoms with van der Waals surface area (Å²) in [5.41, 5.74) is 4.52. The molecular formula is C24H27N3OS2. The predicted octanol–water partition coefficient (Wildman–Crippen LogP) is 5.39. The molecular weight excluding hydrogens is 410 g/mol. The van der Waals surface area contributed by atoms with Gasteiger partial charge in [-0.15, -0.1) is 23.5 Å². The van der Waals surface area contributed by atoms with Gasteiger partial charge in [-0.2, -0.15) is 0 Å². The molecule has 2 aromatic rings. The number of aliphatic imine (C=N–C) groups is 1. The van der Waals surface area contributed by atoms with Gasteiger partial charge in [-0.3, -0.25) is 4.99 Å². The number of aromatic nitrogens is 2. The van der Waals surface area contributed by atoms with Gasteiger partial charge < -0.3 is 4.74 Å². The highest BCUT2D eigenvalue weighted by molar-refractivity contribution is 8.00. The van der Waals surface area contributed by atoms with Crippen molar-refractivity contribution >= 4 is 29.2 Å². The molecule has 0 radical (unpaired) electrons. The molecule has 1 spiro atoms. The third kappa shape index (κ3) is 3.33. The Hall–Kier alpha value is -1.63. The van der Waals surface area contributed by atoms with E-state index in [0.717, 1.165) is 21.6 Å². The number of benzene rings is 1. The quantitative estimate of drug-likeness (QED) is 0.365. The lowest BCUT2D eigenvalue weighted by Gasteiger charge is -2.50. The number of nitrogens with zero attached hydrogens (tertiary/aromatic N) is 3. The average molecular weight is 438 g/mol. The Kier molecular flexibility index (Phi) is 5.07. The second-order valence-electron chi connectivity index (χ2n) is 9.03. The van der Waals surface area contributed by atoms with Crippen LogP contribution in [0.3, 0.4) is 0 Å². The van der Waals surface area contributed by atoms with E-state index in [9.17, 15) is 0 Å². The molecule has 4 heterocycles. The molecule has 1 aromatic carbocycles. The van der Waals surface area contributed by atoms with Crippen molar-refractivity contribution in [1.82, 2.24) is 9.97 Å². The maximum atomic E-state index is 6.45. The van der Waals surface area contributed by atoms with Gasteiger partial charge in [0.2, 0.25) is 0 Å². The van der Waals surface area contributed by atoms with Crippen LogP contribution in [0.4, 0.5) is 0 Å². The summed E-state index contributed by atoms with van der Waals surface area (Å²) < 4.78 is 6.45. The summed E-state index contributed by atoms with van der Waals surface area (Å²) in [6.07, 6.45) is 3.99. The fourth-order valence-corrected chi connectivity index (χ4v) is 7.25. The SMILES string of the molecule is CC(C)=CCSc1ncnc2c1[C@H]1[C@@H](CS2)C(C)(C)OC[C@@]12N=C2c1ccccc1. The largest absolute Gasteiger partial charge is 0.372 e. The van der Waals surface area contributed by atoms with Gasteiger partial charge in [0.15, 0.2) is 0 Å². The predicted molar refractivity (Wildman–Crippen MR) is 125 cm³/mol. The lowest BCUT2D eigenvalue weighted by molar-refractivity contribution is -0.110. The zero-order valence-electron chi connectivity index (χ0n) is 17.9. The van der Waals surface area contributed by atoms with Crippen molar-refractivity contribution < 1.29 is 4.74 Å². The molecule has 0 N–H and O–H groups in total. The van der Waals surface area contributed by atoms with E-state index in [1.807, 2.05) is 23.5 Å². The molecule has 3 atom stereocenters. The first kappa shape index (κ1) is 20.3. The highest BCUT2D eigenvalue weighted by Crippen LogP contribution is 2.60. The Morgan fingerprint density at radius 1 is 1.23 bits per heavy atom. The van der Waals surface area contributed by atoms with Gasteiger partial charge >= 0.3 is 0 Å². The molecule has 0 unspecified atom stereocenters. The molecule has 0 bridgehead atoms. The summed E-state index contributed by atoms with van der Waals surface area (Å²) in [5, 5.41) is 2.23. The van der Waals surface area contributed by atoms with Crippen LogP contribution >= 0.6 is 23.5 Å². The monoisotopic (exact) mass is 437 g/mol. The zero-order valence-corrected chi connectivity index (χ0v) is 19.5. The molecule has 6 heteroatoms. The van der Waals surface area contributed by atoms with Crippen molar-refractivity contribution in [2.75, 3.05) is 18.1 Å². The van der Waals surface area contributed by atoms with E-state index in [4.69, 9.17) is 14.7 Å². The van der Waals surface area contributed by atoms with Crippen molar-refractivity contribution in [2.24, 2.45) is 10.9 Å². The Balaban J connectivity index is 1.58. The van der Waals surface area contributed by atoms with Crippen LogP contribution < -0.4 is 0 Å². The van der Waals surface area contributed by atoms with Crippen LogP contribution in [0.5, 0.6) is 0 Å². The normalized spacial score (nSPS) is 28.3. The number of hydrogen-bond acceptors (Lipinski definition) is 6.